The van der Waals surface area contributed by atoms with Crippen LogP contribution in [0.3, 0.4) is 0 Å². The van der Waals surface area contributed by atoms with Gasteiger partial charge in [-0.25, -0.2) is 13.1 Å². The SMILES string of the molecule is COc1ccc(C(=O)NC(C)c2cccc(O)c2)cc1S(=O)(=O)NC1CC1. The van der Waals surface area contributed by atoms with E-state index in [2.05, 4.69) is 10.0 Å². The minimum Gasteiger partial charge on any atom is -0.508 e. The molecule has 0 aliphatic heterocycles. The van der Waals surface area contributed by atoms with E-state index < -0.39 is 15.9 Å². The van der Waals surface area contributed by atoms with Crippen molar-refractivity contribution in [1.29, 1.82) is 0 Å². The van der Waals surface area contributed by atoms with Crippen LogP contribution in [0, 0.1) is 0 Å². The highest BCUT2D eigenvalue weighted by Gasteiger charge is 2.30. The lowest BCUT2D eigenvalue weighted by Gasteiger charge is -2.16. The van der Waals surface area contributed by atoms with Crippen molar-refractivity contribution in [2.45, 2.75) is 36.7 Å². The van der Waals surface area contributed by atoms with E-state index >= 15 is 0 Å². The number of carbonyl (C=O) groups excluding carboxylic acids is 1. The number of sulfonamides is 1. The highest BCUT2D eigenvalue weighted by molar-refractivity contribution is 7.89. The van der Waals surface area contributed by atoms with E-state index in [0.717, 1.165) is 18.4 Å². The molecule has 1 aliphatic carbocycles. The highest BCUT2D eigenvalue weighted by atomic mass is 32.2. The van der Waals surface area contributed by atoms with Gasteiger partial charge in [-0.15, -0.1) is 0 Å². The van der Waals surface area contributed by atoms with Crippen molar-refractivity contribution in [3.05, 3.63) is 53.6 Å². The van der Waals surface area contributed by atoms with Gasteiger partial charge >= 0.3 is 0 Å². The van der Waals surface area contributed by atoms with Crippen LogP contribution >= 0.6 is 0 Å². The number of carbonyl (C=O) groups is 1. The molecule has 2 aromatic rings. The molecule has 2 aromatic carbocycles. The summed E-state index contributed by atoms with van der Waals surface area (Å²) in [4.78, 5) is 12.5. The van der Waals surface area contributed by atoms with Gasteiger partial charge in [-0.05, 0) is 55.7 Å². The zero-order valence-electron chi connectivity index (χ0n) is 15.1. The first kappa shape index (κ1) is 19.2. The molecule has 1 atom stereocenters. The molecule has 8 heteroatoms. The number of rotatable bonds is 7. The summed E-state index contributed by atoms with van der Waals surface area (Å²) >= 11 is 0. The standard InChI is InChI=1S/C19H22N2O5S/c1-12(13-4-3-5-16(22)10-13)20-19(23)14-6-9-17(26-2)18(11-14)27(24,25)21-15-7-8-15/h3-6,9-12,15,21-22H,7-8H2,1-2H3,(H,20,23). The van der Waals surface area contributed by atoms with Crippen molar-refractivity contribution in [2.75, 3.05) is 7.11 Å². The summed E-state index contributed by atoms with van der Waals surface area (Å²) in [6.07, 6.45) is 1.62. The summed E-state index contributed by atoms with van der Waals surface area (Å²) in [5.41, 5.74) is 0.944. The molecule has 27 heavy (non-hydrogen) atoms. The predicted octanol–water partition coefficient (Wildman–Crippen LogP) is 2.33. The van der Waals surface area contributed by atoms with Crippen LogP contribution in [0.5, 0.6) is 11.5 Å². The van der Waals surface area contributed by atoms with Gasteiger partial charge in [-0.2, -0.15) is 0 Å². The number of phenolic OH excluding ortho intramolecular Hbond substituents is 1. The second kappa shape index (κ2) is 7.58. The lowest BCUT2D eigenvalue weighted by atomic mass is 10.1. The Labute approximate surface area is 158 Å². The lowest BCUT2D eigenvalue weighted by Crippen LogP contribution is -2.28. The van der Waals surface area contributed by atoms with Crippen molar-refractivity contribution in [1.82, 2.24) is 10.0 Å². The maximum atomic E-state index is 12.6. The molecular weight excluding hydrogens is 368 g/mol. The van der Waals surface area contributed by atoms with Gasteiger partial charge in [0.15, 0.2) is 0 Å². The number of amides is 1. The molecule has 0 radical (unpaired) electrons. The molecule has 3 N–H and O–H groups in total. The summed E-state index contributed by atoms with van der Waals surface area (Å²) < 4.78 is 32.9. The fourth-order valence-corrected chi connectivity index (χ4v) is 4.17. The zero-order chi connectivity index (χ0) is 19.6. The Morgan fingerprint density at radius 3 is 2.59 bits per heavy atom. The first-order valence-electron chi connectivity index (χ1n) is 8.60. The van der Waals surface area contributed by atoms with E-state index in [-0.39, 0.29) is 34.0 Å². The molecule has 0 saturated heterocycles. The number of hydrogen-bond acceptors (Lipinski definition) is 5. The normalized spacial score (nSPS) is 15.2. The van der Waals surface area contributed by atoms with Gasteiger partial charge < -0.3 is 15.2 Å². The van der Waals surface area contributed by atoms with Crippen LogP contribution in [0.1, 0.15) is 41.7 Å². The fraction of sp³-hybridized carbons (Fsp3) is 0.316. The van der Waals surface area contributed by atoms with Crippen LogP contribution in [0.25, 0.3) is 0 Å². The number of methoxy groups -OCH3 is 1. The van der Waals surface area contributed by atoms with Crippen LogP contribution in [0.2, 0.25) is 0 Å². The number of phenols is 1. The molecular formula is C19H22N2O5S. The summed E-state index contributed by atoms with van der Waals surface area (Å²) in [7, 11) is -2.39. The Morgan fingerprint density at radius 2 is 1.96 bits per heavy atom. The fourth-order valence-electron chi connectivity index (χ4n) is 2.67. The predicted molar refractivity (Wildman–Crippen MR) is 100 cm³/mol. The van der Waals surface area contributed by atoms with E-state index in [4.69, 9.17) is 4.74 Å². The summed E-state index contributed by atoms with van der Waals surface area (Å²) in [5, 5.41) is 12.4. The van der Waals surface area contributed by atoms with Gasteiger partial charge in [0, 0.05) is 11.6 Å². The molecule has 0 spiro atoms. The van der Waals surface area contributed by atoms with Gasteiger partial charge in [0.25, 0.3) is 5.91 Å². The molecule has 1 amide bonds. The van der Waals surface area contributed by atoms with Gasteiger partial charge in [0.05, 0.1) is 13.2 Å². The van der Waals surface area contributed by atoms with Crippen molar-refractivity contribution in [3.63, 3.8) is 0 Å². The van der Waals surface area contributed by atoms with E-state index in [9.17, 15) is 18.3 Å². The summed E-state index contributed by atoms with van der Waals surface area (Å²) in [6.45, 7) is 1.78. The van der Waals surface area contributed by atoms with Gasteiger partial charge in [-0.1, -0.05) is 12.1 Å². The third-order valence-corrected chi connectivity index (χ3v) is 5.87. The van der Waals surface area contributed by atoms with E-state index in [1.165, 1.54) is 25.3 Å². The minimum absolute atomic E-state index is 0.0528. The molecule has 0 heterocycles. The van der Waals surface area contributed by atoms with E-state index in [0.29, 0.717) is 0 Å². The maximum absolute atomic E-state index is 12.6. The number of ether oxygens (including phenoxy) is 1. The third kappa shape index (κ3) is 4.58. The van der Waals surface area contributed by atoms with Crippen LogP contribution in [0.4, 0.5) is 0 Å². The molecule has 1 fully saturated rings. The Kier molecular flexibility index (Phi) is 5.38. The first-order chi connectivity index (χ1) is 12.8. The van der Waals surface area contributed by atoms with Gasteiger partial charge in [0.1, 0.15) is 16.4 Å². The number of nitrogens with one attached hydrogen (secondary N) is 2. The Hall–Kier alpha value is -2.58. The number of hydrogen-bond donors (Lipinski definition) is 3. The van der Waals surface area contributed by atoms with Crippen LogP contribution in [-0.4, -0.2) is 32.6 Å². The molecule has 0 bridgehead atoms. The van der Waals surface area contributed by atoms with Crippen LogP contribution in [0.15, 0.2) is 47.4 Å². The summed E-state index contributed by atoms with van der Waals surface area (Å²) in [6, 6.07) is 10.5. The highest BCUT2D eigenvalue weighted by Crippen LogP contribution is 2.28. The molecule has 0 aromatic heterocycles. The van der Waals surface area contributed by atoms with Crippen molar-refractivity contribution in [2.24, 2.45) is 0 Å². The first-order valence-corrected chi connectivity index (χ1v) is 10.1. The monoisotopic (exact) mass is 390 g/mol. The van der Waals surface area contributed by atoms with Crippen LogP contribution in [-0.2, 0) is 10.0 Å². The molecule has 3 rings (SSSR count). The zero-order valence-corrected chi connectivity index (χ0v) is 15.9. The number of benzene rings is 2. The van der Waals surface area contributed by atoms with Crippen LogP contribution < -0.4 is 14.8 Å². The maximum Gasteiger partial charge on any atom is 0.251 e. The minimum atomic E-state index is -3.77. The topological polar surface area (TPSA) is 105 Å². The average Bonchev–Trinajstić information content (AvgIpc) is 3.44. The second-order valence-electron chi connectivity index (χ2n) is 6.55. The Bertz CT molecular complexity index is 954. The molecule has 1 saturated carbocycles. The molecule has 1 aliphatic rings. The molecule has 7 nitrogen and oxygen atoms in total. The molecule has 144 valence electrons. The lowest BCUT2D eigenvalue weighted by molar-refractivity contribution is 0.0939. The van der Waals surface area contributed by atoms with Gasteiger partial charge in [-0.3, -0.25) is 4.79 Å². The Balaban J connectivity index is 1.83. The number of aromatic hydroxyl groups is 1. The third-order valence-electron chi connectivity index (χ3n) is 4.33. The average molecular weight is 390 g/mol. The Morgan fingerprint density at radius 1 is 1.22 bits per heavy atom. The van der Waals surface area contributed by atoms with E-state index in [1.54, 1.807) is 31.2 Å². The van der Waals surface area contributed by atoms with Gasteiger partial charge in [0.2, 0.25) is 10.0 Å². The quantitative estimate of drug-likeness (QED) is 0.673. The largest absolute Gasteiger partial charge is 0.508 e. The molecule has 1 unspecified atom stereocenters. The van der Waals surface area contributed by atoms with Crippen molar-refractivity contribution in [3.8, 4) is 11.5 Å². The second-order valence-corrected chi connectivity index (χ2v) is 8.23. The van der Waals surface area contributed by atoms with E-state index in [1.807, 2.05) is 0 Å². The smallest absolute Gasteiger partial charge is 0.251 e. The summed E-state index contributed by atoms with van der Waals surface area (Å²) in [5.74, 6) is -0.130. The van der Waals surface area contributed by atoms with Crippen molar-refractivity contribution < 1.29 is 23.1 Å². The van der Waals surface area contributed by atoms with Crippen molar-refractivity contribution >= 4 is 15.9 Å².